The van der Waals surface area contributed by atoms with Crippen molar-refractivity contribution in [1.29, 1.82) is 0 Å². The topological polar surface area (TPSA) is 74.2 Å². The average Bonchev–Trinajstić information content (AvgIpc) is 3.45. The Balaban J connectivity index is 1.82. The SMILES string of the molecule is CCCNC(=O)N(CCOC)CC(=O)N1N=C(c2cccs2)C[C@H]1c1ccc(C)cc1. The Kier molecular flexibility index (Phi) is 8.20. The lowest BCUT2D eigenvalue weighted by atomic mass is 10.00. The fraction of sp³-hybridized carbons (Fsp3) is 0.435. The summed E-state index contributed by atoms with van der Waals surface area (Å²) in [5.41, 5.74) is 3.10. The highest BCUT2D eigenvalue weighted by molar-refractivity contribution is 7.12. The van der Waals surface area contributed by atoms with Gasteiger partial charge in [-0.05, 0) is 30.4 Å². The molecule has 3 rings (SSSR count). The fourth-order valence-electron chi connectivity index (χ4n) is 3.41. The van der Waals surface area contributed by atoms with Crippen molar-refractivity contribution in [3.05, 3.63) is 57.8 Å². The molecule has 1 aliphatic heterocycles. The van der Waals surface area contributed by atoms with Gasteiger partial charge in [0.05, 0.1) is 23.2 Å². The van der Waals surface area contributed by atoms with E-state index in [0.29, 0.717) is 26.1 Å². The van der Waals surface area contributed by atoms with Crippen LogP contribution in [0.4, 0.5) is 4.79 Å². The number of ether oxygens (including phenoxy) is 1. The molecule has 0 bridgehead atoms. The van der Waals surface area contributed by atoms with E-state index in [2.05, 4.69) is 10.4 Å². The van der Waals surface area contributed by atoms with E-state index in [-0.39, 0.29) is 24.5 Å². The number of nitrogens with one attached hydrogen (secondary N) is 1. The maximum atomic E-state index is 13.3. The van der Waals surface area contributed by atoms with Crippen LogP contribution in [0.25, 0.3) is 0 Å². The van der Waals surface area contributed by atoms with Gasteiger partial charge in [-0.2, -0.15) is 5.10 Å². The van der Waals surface area contributed by atoms with Crippen LogP contribution < -0.4 is 5.32 Å². The molecule has 1 aliphatic rings. The molecule has 1 atom stereocenters. The second-order valence-electron chi connectivity index (χ2n) is 7.54. The number of carbonyl (C=O) groups is 2. The van der Waals surface area contributed by atoms with E-state index in [4.69, 9.17) is 4.74 Å². The number of nitrogens with zero attached hydrogens (tertiary/aromatic N) is 3. The monoisotopic (exact) mass is 442 g/mol. The van der Waals surface area contributed by atoms with Gasteiger partial charge in [0.25, 0.3) is 5.91 Å². The van der Waals surface area contributed by atoms with E-state index in [1.54, 1.807) is 23.5 Å². The standard InChI is InChI=1S/C23H30N4O3S/c1-4-11-24-23(29)26(12-13-30-3)16-22(28)27-20(18-9-7-17(2)8-10-18)15-19(25-27)21-6-5-14-31-21/h5-10,14,20H,4,11-13,15-16H2,1-3H3,(H,24,29)/t20-/m0/s1. The summed E-state index contributed by atoms with van der Waals surface area (Å²) < 4.78 is 5.13. The molecule has 7 nitrogen and oxygen atoms in total. The largest absolute Gasteiger partial charge is 0.383 e. The molecule has 1 N–H and O–H groups in total. The fourth-order valence-corrected chi connectivity index (χ4v) is 4.13. The summed E-state index contributed by atoms with van der Waals surface area (Å²) >= 11 is 1.61. The van der Waals surface area contributed by atoms with Gasteiger partial charge in [-0.1, -0.05) is 42.8 Å². The minimum Gasteiger partial charge on any atom is -0.383 e. The number of hydrogen-bond acceptors (Lipinski definition) is 5. The van der Waals surface area contributed by atoms with Gasteiger partial charge in [-0.3, -0.25) is 4.79 Å². The third kappa shape index (κ3) is 5.92. The lowest BCUT2D eigenvalue weighted by Gasteiger charge is -2.27. The van der Waals surface area contributed by atoms with Crippen molar-refractivity contribution in [3.8, 4) is 0 Å². The highest BCUT2D eigenvalue weighted by Gasteiger charge is 2.34. The van der Waals surface area contributed by atoms with Gasteiger partial charge >= 0.3 is 6.03 Å². The normalized spacial score (nSPS) is 15.6. The Bertz CT molecular complexity index is 896. The number of carbonyl (C=O) groups excluding carboxylic acids is 2. The number of aryl methyl sites for hydroxylation is 1. The number of benzene rings is 1. The van der Waals surface area contributed by atoms with Crippen LogP contribution in [0, 0.1) is 6.92 Å². The second-order valence-corrected chi connectivity index (χ2v) is 8.49. The summed E-state index contributed by atoms with van der Waals surface area (Å²) in [6.07, 6.45) is 1.48. The molecule has 1 aromatic heterocycles. The highest BCUT2D eigenvalue weighted by Crippen LogP contribution is 2.34. The van der Waals surface area contributed by atoms with Crippen LogP contribution in [0.5, 0.6) is 0 Å². The zero-order chi connectivity index (χ0) is 22.2. The first-order chi connectivity index (χ1) is 15.0. The van der Waals surface area contributed by atoms with Crippen molar-refractivity contribution in [3.63, 3.8) is 0 Å². The zero-order valence-electron chi connectivity index (χ0n) is 18.3. The van der Waals surface area contributed by atoms with Crippen molar-refractivity contribution in [2.45, 2.75) is 32.7 Å². The third-order valence-electron chi connectivity index (χ3n) is 5.14. The lowest BCUT2D eigenvalue weighted by Crippen LogP contribution is -2.47. The van der Waals surface area contributed by atoms with Gasteiger partial charge < -0.3 is 15.0 Å². The van der Waals surface area contributed by atoms with E-state index in [1.165, 1.54) is 4.90 Å². The summed E-state index contributed by atoms with van der Waals surface area (Å²) in [7, 11) is 1.58. The molecule has 0 unspecified atom stereocenters. The van der Waals surface area contributed by atoms with Crippen LogP contribution in [0.15, 0.2) is 46.9 Å². The Labute approximate surface area is 187 Å². The number of hydrogen-bond donors (Lipinski definition) is 1. The molecule has 166 valence electrons. The minimum absolute atomic E-state index is 0.0531. The predicted molar refractivity (Wildman–Crippen MR) is 123 cm³/mol. The molecule has 8 heteroatoms. The smallest absolute Gasteiger partial charge is 0.317 e. The van der Waals surface area contributed by atoms with Crippen molar-refractivity contribution in [2.75, 3.05) is 33.4 Å². The number of rotatable bonds is 9. The van der Waals surface area contributed by atoms with E-state index in [0.717, 1.165) is 28.1 Å². The molecule has 0 spiro atoms. The third-order valence-corrected chi connectivity index (χ3v) is 6.06. The molecular weight excluding hydrogens is 412 g/mol. The first-order valence-electron chi connectivity index (χ1n) is 10.5. The summed E-state index contributed by atoms with van der Waals surface area (Å²) in [5.74, 6) is -0.208. The molecule has 0 radical (unpaired) electrons. The number of urea groups is 1. The van der Waals surface area contributed by atoms with Crippen LogP contribution in [0.1, 0.15) is 41.8 Å². The molecule has 0 saturated heterocycles. The molecule has 0 saturated carbocycles. The average molecular weight is 443 g/mol. The minimum atomic E-state index is -0.263. The number of methoxy groups -OCH3 is 1. The van der Waals surface area contributed by atoms with Crippen molar-refractivity contribution in [1.82, 2.24) is 15.2 Å². The maximum Gasteiger partial charge on any atom is 0.317 e. The number of amides is 3. The van der Waals surface area contributed by atoms with E-state index in [9.17, 15) is 9.59 Å². The Morgan fingerprint density at radius 1 is 1.29 bits per heavy atom. The van der Waals surface area contributed by atoms with Crippen molar-refractivity contribution < 1.29 is 14.3 Å². The van der Waals surface area contributed by atoms with E-state index < -0.39 is 0 Å². The lowest BCUT2D eigenvalue weighted by molar-refractivity contribution is -0.133. The molecule has 0 fully saturated rings. The summed E-state index contributed by atoms with van der Waals surface area (Å²) in [4.78, 5) is 28.4. The van der Waals surface area contributed by atoms with Gasteiger partial charge in [0.1, 0.15) is 6.54 Å². The molecule has 2 heterocycles. The van der Waals surface area contributed by atoms with Gasteiger partial charge in [-0.25, -0.2) is 9.80 Å². The summed E-state index contributed by atoms with van der Waals surface area (Å²) in [5, 5.41) is 11.1. The second kappa shape index (κ2) is 11.1. The van der Waals surface area contributed by atoms with Gasteiger partial charge in [0, 0.05) is 26.6 Å². The van der Waals surface area contributed by atoms with E-state index >= 15 is 0 Å². The highest BCUT2D eigenvalue weighted by atomic mass is 32.1. The molecule has 3 amide bonds. The Hall–Kier alpha value is -2.71. The first-order valence-corrected chi connectivity index (χ1v) is 11.4. The van der Waals surface area contributed by atoms with Gasteiger partial charge in [0.2, 0.25) is 0 Å². The van der Waals surface area contributed by atoms with Gasteiger partial charge in [-0.15, -0.1) is 11.3 Å². The summed E-state index contributed by atoms with van der Waals surface area (Å²) in [6, 6.07) is 11.7. The molecule has 31 heavy (non-hydrogen) atoms. The van der Waals surface area contributed by atoms with Crippen LogP contribution in [-0.2, 0) is 9.53 Å². The molecular formula is C23H30N4O3S. The molecule has 1 aromatic carbocycles. The van der Waals surface area contributed by atoms with Crippen molar-refractivity contribution >= 4 is 29.0 Å². The van der Waals surface area contributed by atoms with Crippen LogP contribution in [0.2, 0.25) is 0 Å². The van der Waals surface area contributed by atoms with Gasteiger partial charge in [0.15, 0.2) is 0 Å². The predicted octanol–water partition coefficient (Wildman–Crippen LogP) is 3.80. The van der Waals surface area contributed by atoms with E-state index in [1.807, 2.05) is 55.6 Å². The first kappa shape index (κ1) is 23.0. The van der Waals surface area contributed by atoms with Crippen LogP contribution in [-0.4, -0.2) is 60.9 Å². The molecule has 0 aliphatic carbocycles. The number of thiophene rings is 1. The van der Waals surface area contributed by atoms with Crippen LogP contribution in [0.3, 0.4) is 0 Å². The number of hydrazone groups is 1. The molecule has 2 aromatic rings. The quantitative estimate of drug-likeness (QED) is 0.642. The van der Waals surface area contributed by atoms with Crippen molar-refractivity contribution in [2.24, 2.45) is 5.10 Å². The Morgan fingerprint density at radius 3 is 2.71 bits per heavy atom. The maximum absolute atomic E-state index is 13.3. The zero-order valence-corrected chi connectivity index (χ0v) is 19.2. The summed E-state index contributed by atoms with van der Waals surface area (Å²) in [6.45, 7) is 5.23. The van der Waals surface area contributed by atoms with Crippen LogP contribution >= 0.6 is 11.3 Å². The Morgan fingerprint density at radius 2 is 2.06 bits per heavy atom.